The van der Waals surface area contributed by atoms with Crippen molar-refractivity contribution >= 4 is 35.6 Å². The summed E-state index contributed by atoms with van der Waals surface area (Å²) in [6.45, 7) is 14.8. The molecule has 0 aliphatic carbocycles. The molecule has 3 rings (SSSR count). The molecule has 2 saturated heterocycles. The van der Waals surface area contributed by atoms with Crippen LogP contribution in [0, 0.1) is 12.8 Å². The monoisotopic (exact) mass is 529 g/mol. The summed E-state index contributed by atoms with van der Waals surface area (Å²) >= 11 is 0. The van der Waals surface area contributed by atoms with Crippen molar-refractivity contribution < 1.29 is 4.74 Å². The highest BCUT2D eigenvalue weighted by atomic mass is 127. The second-order valence-corrected chi connectivity index (χ2v) is 8.31. The summed E-state index contributed by atoms with van der Waals surface area (Å²) in [6, 6.07) is 8.86. The lowest BCUT2D eigenvalue weighted by Gasteiger charge is -2.36. The number of guanidine groups is 1. The molecule has 0 radical (unpaired) electrons. The largest absolute Gasteiger partial charge is 0.384 e. The molecule has 0 bridgehead atoms. The van der Waals surface area contributed by atoms with Gasteiger partial charge < -0.3 is 19.9 Å². The molecule has 1 unspecified atom stereocenters. The van der Waals surface area contributed by atoms with Crippen LogP contribution < -0.4 is 10.2 Å². The minimum absolute atomic E-state index is 0. The summed E-state index contributed by atoms with van der Waals surface area (Å²) < 4.78 is 5.33. The van der Waals surface area contributed by atoms with E-state index in [4.69, 9.17) is 9.73 Å². The van der Waals surface area contributed by atoms with E-state index >= 15 is 0 Å². The van der Waals surface area contributed by atoms with Crippen molar-refractivity contribution in [1.29, 1.82) is 0 Å². The molecule has 2 fully saturated rings. The molecule has 1 atom stereocenters. The number of hydrogen-bond acceptors (Lipinski definition) is 4. The zero-order valence-electron chi connectivity index (χ0n) is 19.0. The van der Waals surface area contributed by atoms with E-state index in [-0.39, 0.29) is 24.0 Å². The van der Waals surface area contributed by atoms with E-state index in [0.717, 1.165) is 77.9 Å². The SMILES string of the molecule is CCNC(=NCCCN1CCN(c2cccc(C)c2)CC1)N1CCC(COC)C1.I. The van der Waals surface area contributed by atoms with E-state index in [1.165, 1.54) is 17.7 Å². The molecule has 30 heavy (non-hydrogen) atoms. The number of methoxy groups -OCH3 is 1. The maximum Gasteiger partial charge on any atom is 0.193 e. The molecule has 170 valence electrons. The van der Waals surface area contributed by atoms with Crippen LogP contribution in [0.4, 0.5) is 5.69 Å². The van der Waals surface area contributed by atoms with Crippen LogP contribution >= 0.6 is 24.0 Å². The van der Waals surface area contributed by atoms with Crippen LogP contribution in [0.15, 0.2) is 29.3 Å². The Morgan fingerprint density at radius 1 is 1.20 bits per heavy atom. The summed E-state index contributed by atoms with van der Waals surface area (Å²) in [5.41, 5.74) is 2.70. The van der Waals surface area contributed by atoms with E-state index in [0.29, 0.717) is 5.92 Å². The van der Waals surface area contributed by atoms with Gasteiger partial charge in [-0.05, 0) is 44.4 Å². The molecule has 6 nitrogen and oxygen atoms in total. The topological polar surface area (TPSA) is 43.3 Å². The summed E-state index contributed by atoms with van der Waals surface area (Å²) in [5, 5.41) is 3.47. The van der Waals surface area contributed by atoms with Gasteiger partial charge in [0.25, 0.3) is 0 Å². The lowest BCUT2D eigenvalue weighted by Crippen LogP contribution is -2.46. The summed E-state index contributed by atoms with van der Waals surface area (Å²) in [4.78, 5) is 12.4. The van der Waals surface area contributed by atoms with Gasteiger partial charge in [0.05, 0.1) is 6.61 Å². The van der Waals surface area contributed by atoms with Gasteiger partial charge in [-0.15, -0.1) is 24.0 Å². The van der Waals surface area contributed by atoms with E-state index in [2.05, 4.69) is 58.1 Å². The Bertz CT molecular complexity index is 648. The lowest BCUT2D eigenvalue weighted by molar-refractivity contribution is 0.157. The molecule has 1 aromatic carbocycles. The maximum atomic E-state index is 5.33. The van der Waals surface area contributed by atoms with Gasteiger partial charge in [0.2, 0.25) is 0 Å². The van der Waals surface area contributed by atoms with Gasteiger partial charge in [0, 0.05) is 77.6 Å². The molecule has 1 N–H and O–H groups in total. The average Bonchev–Trinajstić information content (AvgIpc) is 3.19. The molecule has 0 aromatic heterocycles. The minimum Gasteiger partial charge on any atom is -0.384 e. The number of piperazine rings is 1. The predicted octanol–water partition coefficient (Wildman–Crippen LogP) is 3.06. The Kier molecular flexibility index (Phi) is 11.2. The first-order valence-electron chi connectivity index (χ1n) is 11.3. The Labute approximate surface area is 200 Å². The molecule has 0 spiro atoms. The van der Waals surface area contributed by atoms with Gasteiger partial charge in [-0.1, -0.05) is 12.1 Å². The predicted molar refractivity (Wildman–Crippen MR) is 137 cm³/mol. The fourth-order valence-electron chi connectivity index (χ4n) is 4.36. The number of benzene rings is 1. The third-order valence-corrected chi connectivity index (χ3v) is 5.96. The maximum absolute atomic E-state index is 5.33. The Hall–Kier alpha value is -1.06. The smallest absolute Gasteiger partial charge is 0.193 e. The third kappa shape index (κ3) is 7.57. The number of ether oxygens (including phenoxy) is 1. The van der Waals surface area contributed by atoms with Crippen molar-refractivity contribution in [3.63, 3.8) is 0 Å². The van der Waals surface area contributed by atoms with Gasteiger partial charge in [-0.3, -0.25) is 9.89 Å². The van der Waals surface area contributed by atoms with Crippen LogP contribution in [-0.2, 0) is 4.74 Å². The second-order valence-electron chi connectivity index (χ2n) is 8.31. The zero-order chi connectivity index (χ0) is 20.5. The van der Waals surface area contributed by atoms with Crippen molar-refractivity contribution in [2.24, 2.45) is 10.9 Å². The number of halogens is 1. The van der Waals surface area contributed by atoms with Crippen LogP contribution in [0.3, 0.4) is 0 Å². The molecule has 2 heterocycles. The van der Waals surface area contributed by atoms with Gasteiger partial charge in [0.1, 0.15) is 0 Å². The van der Waals surface area contributed by atoms with Crippen molar-refractivity contribution in [2.75, 3.05) is 77.5 Å². The number of rotatable bonds is 8. The molecule has 2 aliphatic rings. The zero-order valence-corrected chi connectivity index (χ0v) is 21.3. The quantitative estimate of drug-likeness (QED) is 0.243. The van der Waals surface area contributed by atoms with E-state index in [1.807, 2.05) is 0 Å². The van der Waals surface area contributed by atoms with Crippen LogP contribution in [0.5, 0.6) is 0 Å². The van der Waals surface area contributed by atoms with Crippen LogP contribution in [0.25, 0.3) is 0 Å². The highest BCUT2D eigenvalue weighted by molar-refractivity contribution is 14.0. The normalized spacial score (nSPS) is 20.4. The molecule has 1 aromatic rings. The molecule has 2 aliphatic heterocycles. The average molecular weight is 530 g/mol. The van der Waals surface area contributed by atoms with Gasteiger partial charge in [0.15, 0.2) is 5.96 Å². The van der Waals surface area contributed by atoms with Crippen LogP contribution in [-0.4, -0.2) is 88.4 Å². The highest BCUT2D eigenvalue weighted by Gasteiger charge is 2.24. The first-order chi connectivity index (χ1) is 14.2. The number of hydrogen-bond donors (Lipinski definition) is 1. The first kappa shape index (κ1) is 25.2. The Morgan fingerprint density at radius 2 is 2.00 bits per heavy atom. The van der Waals surface area contributed by atoms with Crippen LogP contribution in [0.1, 0.15) is 25.3 Å². The van der Waals surface area contributed by atoms with Crippen LogP contribution in [0.2, 0.25) is 0 Å². The van der Waals surface area contributed by atoms with Gasteiger partial charge in [-0.25, -0.2) is 0 Å². The minimum atomic E-state index is 0. The summed E-state index contributed by atoms with van der Waals surface area (Å²) in [6.07, 6.45) is 2.32. The molecule has 0 saturated carbocycles. The fourth-order valence-corrected chi connectivity index (χ4v) is 4.36. The lowest BCUT2D eigenvalue weighted by atomic mass is 10.1. The number of aryl methyl sites for hydroxylation is 1. The fraction of sp³-hybridized carbons (Fsp3) is 0.696. The molecule has 7 heteroatoms. The number of aliphatic imine (C=N–C) groups is 1. The number of nitrogens with one attached hydrogen (secondary N) is 1. The van der Waals surface area contributed by atoms with Crippen molar-refractivity contribution in [3.05, 3.63) is 29.8 Å². The third-order valence-electron chi connectivity index (χ3n) is 5.96. The molecular weight excluding hydrogens is 489 g/mol. The highest BCUT2D eigenvalue weighted by Crippen LogP contribution is 2.18. The number of likely N-dealkylation sites (tertiary alicyclic amines) is 1. The standard InChI is InChI=1S/C23H39N5O.HI/c1-4-24-23(28-12-9-21(18-28)19-29-3)25-10-6-11-26-13-15-27(16-14-26)22-8-5-7-20(2)17-22;/h5,7-8,17,21H,4,6,9-16,18-19H2,1-3H3,(H,24,25);1H. The van der Waals surface area contributed by atoms with E-state index < -0.39 is 0 Å². The van der Waals surface area contributed by atoms with Crippen molar-refractivity contribution in [3.8, 4) is 0 Å². The molecule has 0 amide bonds. The molecular formula is C23H40IN5O. The number of nitrogens with zero attached hydrogens (tertiary/aromatic N) is 4. The summed E-state index contributed by atoms with van der Waals surface area (Å²) in [7, 11) is 1.79. The van der Waals surface area contributed by atoms with Gasteiger partial charge >= 0.3 is 0 Å². The van der Waals surface area contributed by atoms with Crippen molar-refractivity contribution in [2.45, 2.75) is 26.7 Å². The summed E-state index contributed by atoms with van der Waals surface area (Å²) in [5.74, 6) is 1.71. The van der Waals surface area contributed by atoms with E-state index in [1.54, 1.807) is 7.11 Å². The first-order valence-corrected chi connectivity index (χ1v) is 11.3. The Balaban J connectivity index is 0.00000320. The Morgan fingerprint density at radius 3 is 2.70 bits per heavy atom. The second kappa shape index (κ2) is 13.4. The van der Waals surface area contributed by atoms with Gasteiger partial charge in [-0.2, -0.15) is 0 Å². The van der Waals surface area contributed by atoms with Crippen molar-refractivity contribution in [1.82, 2.24) is 15.1 Å². The number of anilines is 1. The van der Waals surface area contributed by atoms with E-state index in [9.17, 15) is 0 Å².